The molecule has 1 atom stereocenters. The molecule has 1 fully saturated rings. The van der Waals surface area contributed by atoms with E-state index in [-0.39, 0.29) is 12.1 Å². The molecule has 9 nitrogen and oxygen atoms in total. The summed E-state index contributed by atoms with van der Waals surface area (Å²) >= 11 is 0. The Labute approximate surface area is 169 Å². The van der Waals surface area contributed by atoms with Gasteiger partial charge in [0.2, 0.25) is 0 Å². The summed E-state index contributed by atoms with van der Waals surface area (Å²) in [7, 11) is 0. The summed E-state index contributed by atoms with van der Waals surface area (Å²) in [6.45, 7) is 7.61. The Morgan fingerprint density at radius 2 is 1.97 bits per heavy atom. The molecule has 1 unspecified atom stereocenters. The molecular formula is C20H26N8O. The maximum Gasteiger partial charge on any atom is 0.322 e. The van der Waals surface area contributed by atoms with Crippen molar-refractivity contribution in [2.45, 2.75) is 26.4 Å². The number of anilines is 1. The van der Waals surface area contributed by atoms with Crippen LogP contribution in [0.1, 0.15) is 30.2 Å². The first kappa shape index (κ1) is 19.1. The zero-order valence-electron chi connectivity index (χ0n) is 16.7. The van der Waals surface area contributed by atoms with E-state index in [2.05, 4.69) is 49.6 Å². The van der Waals surface area contributed by atoms with Crippen LogP contribution in [0, 0.1) is 6.92 Å². The van der Waals surface area contributed by atoms with Crippen molar-refractivity contribution < 1.29 is 4.79 Å². The summed E-state index contributed by atoms with van der Waals surface area (Å²) in [5, 5.41) is 14.4. The predicted octanol–water partition coefficient (Wildman–Crippen LogP) is 2.27. The van der Waals surface area contributed by atoms with E-state index in [4.69, 9.17) is 0 Å². The van der Waals surface area contributed by atoms with Crippen molar-refractivity contribution in [3.63, 3.8) is 0 Å². The second-order valence-corrected chi connectivity index (χ2v) is 7.33. The average Bonchev–Trinajstić information content (AvgIpc) is 3.37. The molecule has 0 spiro atoms. The van der Waals surface area contributed by atoms with Crippen LogP contribution in [0.4, 0.5) is 10.5 Å². The number of urea groups is 1. The highest BCUT2D eigenvalue weighted by Crippen LogP contribution is 2.19. The minimum atomic E-state index is -0.0923. The summed E-state index contributed by atoms with van der Waals surface area (Å²) in [4.78, 5) is 21.0. The Morgan fingerprint density at radius 3 is 2.66 bits per heavy atom. The van der Waals surface area contributed by atoms with Gasteiger partial charge in [0.15, 0.2) is 5.82 Å². The molecule has 0 saturated carbocycles. The molecule has 2 aromatic heterocycles. The minimum Gasteiger partial charge on any atom is -0.322 e. The van der Waals surface area contributed by atoms with Gasteiger partial charge in [-0.15, -0.1) is 0 Å². The van der Waals surface area contributed by atoms with Crippen LogP contribution in [0.15, 0.2) is 42.7 Å². The second-order valence-electron chi connectivity index (χ2n) is 7.33. The maximum absolute atomic E-state index is 12.6. The lowest BCUT2D eigenvalue weighted by Gasteiger charge is -2.33. The number of aromatic amines is 1. The van der Waals surface area contributed by atoms with Gasteiger partial charge in [0.1, 0.15) is 5.82 Å². The fourth-order valence-electron chi connectivity index (χ4n) is 3.47. The first-order valence-electron chi connectivity index (χ1n) is 9.84. The number of rotatable bonds is 5. The van der Waals surface area contributed by atoms with E-state index >= 15 is 0 Å². The summed E-state index contributed by atoms with van der Waals surface area (Å²) in [5.74, 6) is 1.61. The molecule has 0 bridgehead atoms. The molecule has 2 amide bonds. The van der Waals surface area contributed by atoms with Gasteiger partial charge in [-0.2, -0.15) is 10.2 Å². The second kappa shape index (κ2) is 8.44. The number of nitrogens with zero attached hydrogens (tertiary/aromatic N) is 6. The SMILES string of the molecule is Cc1nc(CN2CCN(C(=O)Nc3cnn(C(C)c4ccccc4)c3)CC2)n[nH]1. The molecule has 0 aliphatic carbocycles. The molecule has 0 radical (unpaired) electrons. The van der Waals surface area contributed by atoms with Gasteiger partial charge in [0.25, 0.3) is 0 Å². The number of amides is 2. The Balaban J connectivity index is 1.28. The number of aromatic nitrogens is 5. The molecule has 9 heteroatoms. The standard InChI is InChI=1S/C20H26N8O/c1-15(17-6-4-3-5-7-17)28-13-18(12-21-28)23-20(29)27-10-8-26(9-11-27)14-19-22-16(2)24-25-19/h3-7,12-13,15H,8-11,14H2,1-2H3,(H,23,29)(H,22,24,25). The van der Waals surface area contributed by atoms with Crippen molar-refractivity contribution in [3.8, 4) is 0 Å². The Bertz CT molecular complexity index is 942. The topological polar surface area (TPSA) is 95.0 Å². The number of benzene rings is 1. The highest BCUT2D eigenvalue weighted by atomic mass is 16.2. The Hall–Kier alpha value is -3.20. The average molecular weight is 394 g/mol. The Kier molecular flexibility index (Phi) is 5.57. The van der Waals surface area contributed by atoms with Crippen molar-refractivity contribution in [3.05, 3.63) is 59.9 Å². The van der Waals surface area contributed by atoms with E-state index in [1.54, 1.807) is 6.20 Å². The molecule has 1 aliphatic heterocycles. The van der Waals surface area contributed by atoms with Gasteiger partial charge >= 0.3 is 6.03 Å². The first-order chi connectivity index (χ1) is 14.1. The monoisotopic (exact) mass is 394 g/mol. The van der Waals surface area contributed by atoms with Gasteiger partial charge in [-0.05, 0) is 19.4 Å². The lowest BCUT2D eigenvalue weighted by Crippen LogP contribution is -2.49. The van der Waals surface area contributed by atoms with Gasteiger partial charge in [0, 0.05) is 32.4 Å². The molecule has 1 aliphatic rings. The first-order valence-corrected chi connectivity index (χ1v) is 9.84. The van der Waals surface area contributed by atoms with E-state index in [0.717, 1.165) is 24.7 Å². The van der Waals surface area contributed by atoms with Crippen LogP contribution in [-0.4, -0.2) is 67.0 Å². The van der Waals surface area contributed by atoms with Crippen molar-refractivity contribution in [1.82, 2.24) is 34.8 Å². The van der Waals surface area contributed by atoms with Crippen LogP contribution >= 0.6 is 0 Å². The number of piperazine rings is 1. The van der Waals surface area contributed by atoms with E-state index in [1.165, 1.54) is 5.56 Å². The third-order valence-corrected chi connectivity index (χ3v) is 5.20. The van der Waals surface area contributed by atoms with E-state index in [0.29, 0.717) is 25.3 Å². The summed E-state index contributed by atoms with van der Waals surface area (Å²) in [6.07, 6.45) is 3.57. The lowest BCUT2D eigenvalue weighted by atomic mass is 10.1. The third-order valence-electron chi connectivity index (χ3n) is 5.20. The molecule has 3 aromatic rings. The van der Waals surface area contributed by atoms with Crippen molar-refractivity contribution in [2.24, 2.45) is 0 Å². The lowest BCUT2D eigenvalue weighted by molar-refractivity contribution is 0.141. The smallest absolute Gasteiger partial charge is 0.322 e. The summed E-state index contributed by atoms with van der Waals surface area (Å²) in [5.41, 5.74) is 1.88. The molecule has 1 saturated heterocycles. The van der Waals surface area contributed by atoms with Gasteiger partial charge in [0.05, 0.1) is 24.5 Å². The summed E-state index contributed by atoms with van der Waals surface area (Å²) in [6, 6.07) is 10.2. The highest BCUT2D eigenvalue weighted by Gasteiger charge is 2.22. The van der Waals surface area contributed by atoms with Crippen LogP contribution < -0.4 is 5.32 Å². The van der Waals surface area contributed by atoms with E-state index in [1.807, 2.05) is 40.9 Å². The number of H-pyrrole nitrogens is 1. The van der Waals surface area contributed by atoms with Crippen molar-refractivity contribution in [2.75, 3.05) is 31.5 Å². The molecule has 4 rings (SSSR count). The van der Waals surface area contributed by atoms with Crippen LogP contribution in [0.25, 0.3) is 0 Å². The molecule has 2 N–H and O–H groups in total. The van der Waals surface area contributed by atoms with Gasteiger partial charge in [-0.25, -0.2) is 9.78 Å². The number of hydrogen-bond donors (Lipinski definition) is 2. The van der Waals surface area contributed by atoms with Crippen molar-refractivity contribution in [1.29, 1.82) is 0 Å². The molecule has 1 aromatic carbocycles. The van der Waals surface area contributed by atoms with Crippen LogP contribution in [0.3, 0.4) is 0 Å². The maximum atomic E-state index is 12.6. The van der Waals surface area contributed by atoms with E-state index < -0.39 is 0 Å². The molecular weight excluding hydrogens is 368 g/mol. The normalized spacial score (nSPS) is 16.0. The number of carbonyl (C=O) groups excluding carboxylic acids is 1. The molecule has 3 heterocycles. The third kappa shape index (κ3) is 4.62. The Morgan fingerprint density at radius 1 is 1.21 bits per heavy atom. The zero-order valence-corrected chi connectivity index (χ0v) is 16.7. The number of carbonyl (C=O) groups is 1. The highest BCUT2D eigenvalue weighted by molar-refractivity contribution is 5.89. The molecule has 152 valence electrons. The van der Waals surface area contributed by atoms with Crippen LogP contribution in [0.5, 0.6) is 0 Å². The number of aryl methyl sites for hydroxylation is 1. The predicted molar refractivity (Wildman–Crippen MR) is 109 cm³/mol. The quantitative estimate of drug-likeness (QED) is 0.692. The van der Waals surface area contributed by atoms with Gasteiger partial charge < -0.3 is 10.2 Å². The van der Waals surface area contributed by atoms with Crippen LogP contribution in [0.2, 0.25) is 0 Å². The number of nitrogens with one attached hydrogen (secondary N) is 2. The fourth-order valence-corrected chi connectivity index (χ4v) is 3.47. The zero-order chi connectivity index (χ0) is 20.2. The van der Waals surface area contributed by atoms with Gasteiger partial charge in [-0.1, -0.05) is 30.3 Å². The van der Waals surface area contributed by atoms with Gasteiger partial charge in [-0.3, -0.25) is 14.7 Å². The van der Waals surface area contributed by atoms with Crippen molar-refractivity contribution >= 4 is 11.7 Å². The fraction of sp³-hybridized carbons (Fsp3) is 0.400. The molecule has 29 heavy (non-hydrogen) atoms. The largest absolute Gasteiger partial charge is 0.322 e. The minimum absolute atomic E-state index is 0.0923. The van der Waals surface area contributed by atoms with E-state index in [9.17, 15) is 4.79 Å². The summed E-state index contributed by atoms with van der Waals surface area (Å²) < 4.78 is 1.86. The number of hydrogen-bond acceptors (Lipinski definition) is 5. The van der Waals surface area contributed by atoms with Crippen LogP contribution in [-0.2, 0) is 6.54 Å².